The lowest BCUT2D eigenvalue weighted by atomic mass is 9.97. The van der Waals surface area contributed by atoms with Crippen LogP contribution in [0.25, 0.3) is 0 Å². The maximum absolute atomic E-state index is 9.98. The summed E-state index contributed by atoms with van der Waals surface area (Å²) in [6.45, 7) is 1.63. The second-order valence-electron chi connectivity index (χ2n) is 8.47. The molecule has 10 atom stereocenters. The normalized spacial score (nSPS) is 42.8. The summed E-state index contributed by atoms with van der Waals surface area (Å²) in [5.41, 5.74) is -0.492. The number of thioether (sulfide) groups is 2. The van der Waals surface area contributed by atoms with Gasteiger partial charge < -0.3 is 44.8 Å². The second kappa shape index (κ2) is 10.7. The summed E-state index contributed by atoms with van der Waals surface area (Å²) in [6.07, 6.45) is -4.07. The van der Waals surface area contributed by atoms with Gasteiger partial charge in [-0.15, -0.1) is 0 Å². The highest BCUT2D eigenvalue weighted by Gasteiger charge is 2.49. The minimum absolute atomic E-state index is 0.166. The largest absolute Gasteiger partial charge is 0.394 e. The van der Waals surface area contributed by atoms with Gasteiger partial charge in [0, 0.05) is 28.2 Å². The Morgan fingerprint density at radius 2 is 1.16 bits per heavy atom. The summed E-state index contributed by atoms with van der Waals surface area (Å²) in [5.74, 6) is 0. The van der Waals surface area contributed by atoms with E-state index in [1.54, 1.807) is 0 Å². The lowest BCUT2D eigenvalue weighted by molar-refractivity contribution is -0.164. The molecule has 0 aromatic heterocycles. The predicted molar refractivity (Wildman–Crippen MR) is 124 cm³/mol. The Labute approximate surface area is 196 Å². The number of hydrogen-bond donors (Lipinski definition) is 5. The maximum atomic E-state index is 9.98. The molecule has 2 fully saturated rings. The van der Waals surface area contributed by atoms with Crippen LogP contribution in [0.5, 0.6) is 0 Å². The van der Waals surface area contributed by atoms with Gasteiger partial charge in [0.25, 0.3) is 0 Å². The number of amidine groups is 2. The third kappa shape index (κ3) is 5.20. The molecule has 0 radical (unpaired) electrons. The van der Waals surface area contributed by atoms with Gasteiger partial charge in [-0.3, -0.25) is 9.98 Å². The van der Waals surface area contributed by atoms with Crippen LogP contribution in [0.3, 0.4) is 0 Å². The molecule has 32 heavy (non-hydrogen) atoms. The number of ether oxygens (including phenoxy) is 2. The van der Waals surface area contributed by atoms with Gasteiger partial charge in [-0.1, -0.05) is 30.4 Å². The van der Waals surface area contributed by atoms with Crippen molar-refractivity contribution in [2.75, 3.05) is 34.8 Å². The molecule has 5 N–H and O–H groups in total. The van der Waals surface area contributed by atoms with Crippen molar-refractivity contribution in [2.45, 2.75) is 72.9 Å². The van der Waals surface area contributed by atoms with Crippen molar-refractivity contribution < 1.29 is 35.0 Å². The fourth-order valence-electron chi connectivity index (χ4n) is 3.76. The Morgan fingerprint density at radius 3 is 1.53 bits per heavy atom. The van der Waals surface area contributed by atoms with Gasteiger partial charge in [0.05, 0.1) is 12.7 Å². The van der Waals surface area contributed by atoms with E-state index in [4.69, 9.17) is 14.6 Å². The van der Waals surface area contributed by atoms with E-state index in [-0.39, 0.29) is 29.6 Å². The van der Waals surface area contributed by atoms with Gasteiger partial charge >= 0.3 is 0 Å². The molecule has 0 aromatic rings. The first-order valence-electron chi connectivity index (χ1n) is 10.6. The van der Waals surface area contributed by atoms with Crippen LogP contribution in [0, 0.1) is 0 Å². The molecule has 11 nitrogen and oxygen atoms in total. The van der Waals surface area contributed by atoms with Crippen molar-refractivity contribution in [1.82, 2.24) is 9.80 Å². The van der Waals surface area contributed by atoms with Crippen LogP contribution in [-0.4, -0.2) is 140 Å². The van der Waals surface area contributed by atoms with Crippen LogP contribution in [-0.2, 0) is 9.47 Å². The first kappa shape index (κ1) is 26.0. The highest BCUT2D eigenvalue weighted by molar-refractivity contribution is 8.14. The van der Waals surface area contributed by atoms with Gasteiger partial charge in [-0.05, 0) is 6.42 Å². The average Bonchev–Trinajstić information content (AvgIpc) is 3.38. The Kier molecular flexibility index (Phi) is 8.72. The van der Waals surface area contributed by atoms with Crippen molar-refractivity contribution in [1.29, 1.82) is 0 Å². The molecule has 0 unspecified atom stereocenters. The van der Waals surface area contributed by atoms with Crippen molar-refractivity contribution >= 4 is 33.9 Å². The maximum Gasteiger partial charge on any atom is 0.161 e. The zero-order valence-corrected chi connectivity index (χ0v) is 20.5. The lowest BCUT2D eigenvalue weighted by Crippen LogP contribution is -2.55. The number of rotatable bonds is 2. The molecule has 4 aliphatic heterocycles. The molecule has 13 heteroatoms. The fourth-order valence-corrected chi connectivity index (χ4v) is 6.08. The Bertz CT molecular complexity index is 655. The van der Waals surface area contributed by atoms with Crippen LogP contribution >= 0.6 is 23.5 Å². The fraction of sp³-hybridized carbons (Fsp3) is 0.895. The summed E-state index contributed by atoms with van der Waals surface area (Å²) in [5, 5.41) is 50.0. The zero-order valence-electron chi connectivity index (χ0n) is 18.8. The zero-order chi connectivity index (χ0) is 23.7. The molecule has 2 saturated heterocycles. The highest BCUT2D eigenvalue weighted by Crippen LogP contribution is 2.38. The van der Waals surface area contributed by atoms with E-state index in [9.17, 15) is 20.4 Å². The first-order chi connectivity index (χ1) is 15.1. The number of nitrogens with zero attached hydrogens (tertiary/aromatic N) is 4. The Morgan fingerprint density at radius 1 is 0.750 bits per heavy atom. The molecule has 0 saturated carbocycles. The quantitative estimate of drug-likeness (QED) is 0.300. The molecule has 0 aliphatic carbocycles. The summed E-state index contributed by atoms with van der Waals surface area (Å²) in [4.78, 5) is 12.4. The third-order valence-corrected chi connectivity index (χ3v) is 8.25. The minimum atomic E-state index is -1.09. The molecule has 4 aliphatic rings. The summed E-state index contributed by atoms with van der Waals surface area (Å²) >= 11 is 2.91. The van der Waals surface area contributed by atoms with Crippen molar-refractivity contribution in [2.24, 2.45) is 9.98 Å². The molecule has 4 rings (SSSR count). The second-order valence-corrected chi connectivity index (χ2v) is 10.6. The van der Waals surface area contributed by atoms with Crippen LogP contribution in [0.15, 0.2) is 9.98 Å². The van der Waals surface area contributed by atoms with E-state index in [1.807, 2.05) is 44.9 Å². The highest BCUT2D eigenvalue weighted by atomic mass is 32.2. The van der Waals surface area contributed by atoms with E-state index in [2.05, 4.69) is 9.98 Å². The Hall–Kier alpha value is -0.640. The van der Waals surface area contributed by atoms with E-state index in [1.165, 1.54) is 23.5 Å². The van der Waals surface area contributed by atoms with E-state index < -0.39 is 36.6 Å². The summed E-state index contributed by atoms with van der Waals surface area (Å²) in [6, 6.07) is -0.805. The van der Waals surface area contributed by atoms with Crippen molar-refractivity contribution in [3.05, 3.63) is 0 Å². The molecular weight excluding hydrogens is 460 g/mol. The van der Waals surface area contributed by atoms with Crippen molar-refractivity contribution in [3.63, 3.8) is 0 Å². The van der Waals surface area contributed by atoms with Gasteiger partial charge in [0.2, 0.25) is 0 Å². The minimum Gasteiger partial charge on any atom is -0.394 e. The number of aliphatic hydroxyl groups excluding tert-OH is 5. The molecule has 0 aromatic carbocycles. The number of hydrogen-bond acceptors (Lipinski definition) is 13. The third-order valence-electron chi connectivity index (χ3n) is 5.65. The first-order valence-corrected chi connectivity index (χ1v) is 12.3. The smallest absolute Gasteiger partial charge is 0.161 e. The number of aliphatic imine (C=N–C) groups is 2. The van der Waals surface area contributed by atoms with Crippen LogP contribution in [0.2, 0.25) is 0 Å². The van der Waals surface area contributed by atoms with Crippen LogP contribution in [0.4, 0.5) is 0 Å². The predicted octanol–water partition coefficient (Wildman–Crippen LogP) is -1.67. The average molecular weight is 495 g/mol. The molecule has 184 valence electrons. The Balaban J connectivity index is 0.000000181. The van der Waals surface area contributed by atoms with E-state index >= 15 is 0 Å². The molecule has 4 heterocycles. The monoisotopic (exact) mass is 494 g/mol. The van der Waals surface area contributed by atoms with E-state index in [0.29, 0.717) is 6.42 Å². The SMILES string of the molecule is CC[C@H]1O[C@@H]2SC(N(C)C)=N[C@@H]2[C@@H](O)[C@@H]1O.CN(C)C1=N[C@@H]2[C@@H](O)[C@H](O)[C@@H](CO)O[C@@H]2S1. The van der Waals surface area contributed by atoms with Crippen LogP contribution < -0.4 is 0 Å². The van der Waals surface area contributed by atoms with Gasteiger partial charge in [-0.2, -0.15) is 0 Å². The summed E-state index contributed by atoms with van der Waals surface area (Å²) in [7, 11) is 7.53. The molecule has 0 spiro atoms. The molecule has 0 bridgehead atoms. The van der Waals surface area contributed by atoms with Crippen LogP contribution in [0.1, 0.15) is 13.3 Å². The molecular formula is C19H34N4O7S2. The van der Waals surface area contributed by atoms with Crippen molar-refractivity contribution in [3.8, 4) is 0 Å². The topological polar surface area (TPSA) is 151 Å². The summed E-state index contributed by atoms with van der Waals surface area (Å²) < 4.78 is 11.2. The van der Waals surface area contributed by atoms with E-state index in [0.717, 1.165) is 10.3 Å². The van der Waals surface area contributed by atoms with Gasteiger partial charge in [0.15, 0.2) is 10.3 Å². The van der Waals surface area contributed by atoms with Gasteiger partial charge in [0.1, 0.15) is 53.5 Å². The number of aliphatic hydroxyl groups is 5. The standard InChI is InChI=1S/C10H18N2O3S.C9H16N2O4S/c1-4-5-7(13)8(14)6-9(15-5)16-10(11-6)12(2)3;1-11(2)9-10-5-7(14)6(13)4(3-12)15-8(5)16-9/h5-9,13-14H,4H2,1-3H3;4-8,12-14H,3H2,1-2H3/t5-,6-,7-,8-,9-;4-,5-,6-,7-,8-/m11/s1. The lowest BCUT2D eigenvalue weighted by Gasteiger charge is -2.37. The van der Waals surface area contributed by atoms with Gasteiger partial charge in [-0.25, -0.2) is 0 Å². The number of fused-ring (bicyclic) bond motifs is 2. The molecule has 0 amide bonds.